The van der Waals surface area contributed by atoms with Gasteiger partial charge in [0, 0.05) is 16.8 Å². The van der Waals surface area contributed by atoms with Crippen LogP contribution in [0.4, 0.5) is 0 Å². The number of hydrogen-bond acceptors (Lipinski definition) is 1. The fraction of sp³-hybridized carbons (Fsp3) is 1.00. The second kappa shape index (κ2) is 5.67. The molecule has 1 saturated carbocycles. The molecule has 1 aliphatic carbocycles. The van der Waals surface area contributed by atoms with Crippen LogP contribution in [0.25, 0.3) is 0 Å². The lowest BCUT2D eigenvalue weighted by molar-refractivity contribution is -0.110. The molecule has 2 unspecified atom stereocenters. The van der Waals surface area contributed by atoms with E-state index in [1.165, 1.54) is 25.7 Å². The largest absolute Gasteiger partial charge is 0.378 e. The highest BCUT2D eigenvalue weighted by molar-refractivity contribution is 9.09. The normalized spacial score (nSPS) is 29.2. The van der Waals surface area contributed by atoms with Crippen LogP contribution in [0, 0.1) is 11.3 Å². The Morgan fingerprint density at radius 3 is 2.33 bits per heavy atom. The molecule has 0 aromatic carbocycles. The summed E-state index contributed by atoms with van der Waals surface area (Å²) >= 11 is 3.79. The molecule has 2 heteroatoms. The molecule has 0 bridgehead atoms. The van der Waals surface area contributed by atoms with Gasteiger partial charge < -0.3 is 4.74 Å². The highest BCUT2D eigenvalue weighted by Crippen LogP contribution is 2.52. The van der Waals surface area contributed by atoms with Crippen molar-refractivity contribution in [1.29, 1.82) is 0 Å². The lowest BCUT2D eigenvalue weighted by Gasteiger charge is -2.53. The zero-order chi connectivity index (χ0) is 11.5. The van der Waals surface area contributed by atoms with E-state index < -0.39 is 0 Å². The molecule has 15 heavy (non-hydrogen) atoms. The van der Waals surface area contributed by atoms with Gasteiger partial charge in [-0.2, -0.15) is 0 Å². The van der Waals surface area contributed by atoms with E-state index in [1.54, 1.807) is 0 Å². The van der Waals surface area contributed by atoms with Gasteiger partial charge in [-0.15, -0.1) is 0 Å². The highest BCUT2D eigenvalue weighted by Gasteiger charge is 2.51. The number of hydrogen-bond donors (Lipinski definition) is 0. The number of halogens is 1. The summed E-state index contributed by atoms with van der Waals surface area (Å²) in [6, 6.07) is 0. The Hall–Kier alpha value is 0.440. The second-order valence-corrected chi connectivity index (χ2v) is 6.29. The van der Waals surface area contributed by atoms with E-state index in [4.69, 9.17) is 4.74 Å². The van der Waals surface area contributed by atoms with Crippen LogP contribution in [0.2, 0.25) is 0 Å². The number of ether oxygens (including phenoxy) is 1. The van der Waals surface area contributed by atoms with Crippen LogP contribution >= 0.6 is 15.9 Å². The summed E-state index contributed by atoms with van der Waals surface area (Å²) in [4.78, 5) is 0.670. The zero-order valence-electron chi connectivity index (χ0n) is 10.6. The quantitative estimate of drug-likeness (QED) is 0.654. The maximum absolute atomic E-state index is 6.03. The van der Waals surface area contributed by atoms with E-state index in [0.29, 0.717) is 16.3 Å². The maximum Gasteiger partial charge on any atom is 0.0652 e. The third-order valence-corrected chi connectivity index (χ3v) is 5.30. The monoisotopic (exact) mass is 276 g/mol. The standard InChI is InChI=1S/C13H25BrO/c1-5-13(6-2)11(14)9-12(13)15-8-7-10(3)4/h10-12H,5-9H2,1-4H3. The van der Waals surface area contributed by atoms with Crippen LogP contribution < -0.4 is 0 Å². The van der Waals surface area contributed by atoms with Crippen LogP contribution in [-0.2, 0) is 4.74 Å². The van der Waals surface area contributed by atoms with Gasteiger partial charge in [0.05, 0.1) is 6.10 Å². The fourth-order valence-corrected chi connectivity index (χ4v) is 3.81. The maximum atomic E-state index is 6.03. The molecule has 90 valence electrons. The van der Waals surface area contributed by atoms with Gasteiger partial charge >= 0.3 is 0 Å². The van der Waals surface area contributed by atoms with E-state index in [1.807, 2.05) is 0 Å². The average molecular weight is 277 g/mol. The third-order valence-electron chi connectivity index (χ3n) is 4.02. The molecule has 0 aromatic rings. The summed E-state index contributed by atoms with van der Waals surface area (Å²) in [6.07, 6.45) is 5.33. The predicted molar refractivity (Wildman–Crippen MR) is 69.5 cm³/mol. The van der Waals surface area contributed by atoms with Crippen molar-refractivity contribution in [1.82, 2.24) is 0 Å². The molecule has 1 rings (SSSR count). The Bertz CT molecular complexity index is 187. The van der Waals surface area contributed by atoms with Gasteiger partial charge in [-0.1, -0.05) is 43.6 Å². The first kappa shape index (κ1) is 13.5. The number of alkyl halides is 1. The minimum absolute atomic E-state index is 0.414. The van der Waals surface area contributed by atoms with Crippen molar-refractivity contribution in [3.63, 3.8) is 0 Å². The molecule has 1 fully saturated rings. The summed E-state index contributed by atoms with van der Waals surface area (Å²) in [5.74, 6) is 0.752. The van der Waals surface area contributed by atoms with Crippen LogP contribution in [-0.4, -0.2) is 17.5 Å². The first-order chi connectivity index (χ1) is 7.06. The molecule has 0 N–H and O–H groups in total. The van der Waals surface area contributed by atoms with E-state index in [0.717, 1.165) is 12.5 Å². The van der Waals surface area contributed by atoms with Crippen molar-refractivity contribution >= 4 is 15.9 Å². The van der Waals surface area contributed by atoms with Gasteiger partial charge in [0.1, 0.15) is 0 Å². The minimum Gasteiger partial charge on any atom is -0.378 e. The molecule has 0 amide bonds. The Kier molecular flexibility index (Phi) is 5.11. The highest BCUT2D eigenvalue weighted by atomic mass is 79.9. The van der Waals surface area contributed by atoms with Crippen molar-refractivity contribution < 1.29 is 4.74 Å². The molecule has 0 aromatic heterocycles. The van der Waals surface area contributed by atoms with Crippen molar-refractivity contribution in [3.8, 4) is 0 Å². The van der Waals surface area contributed by atoms with Gasteiger partial charge in [0.25, 0.3) is 0 Å². The molecular formula is C13H25BrO. The van der Waals surface area contributed by atoms with E-state index in [2.05, 4.69) is 43.6 Å². The fourth-order valence-electron chi connectivity index (χ4n) is 2.53. The molecule has 1 nitrogen and oxygen atoms in total. The lowest BCUT2D eigenvalue weighted by Crippen LogP contribution is -2.55. The molecule has 0 spiro atoms. The van der Waals surface area contributed by atoms with Crippen LogP contribution in [0.1, 0.15) is 53.4 Å². The van der Waals surface area contributed by atoms with Crippen molar-refractivity contribution in [2.24, 2.45) is 11.3 Å². The Morgan fingerprint density at radius 1 is 1.33 bits per heavy atom. The van der Waals surface area contributed by atoms with Crippen LogP contribution in [0.5, 0.6) is 0 Å². The van der Waals surface area contributed by atoms with Crippen LogP contribution in [0.3, 0.4) is 0 Å². The molecule has 0 saturated heterocycles. The first-order valence-corrected chi connectivity index (χ1v) is 7.24. The molecule has 0 aliphatic heterocycles. The molecular weight excluding hydrogens is 252 g/mol. The van der Waals surface area contributed by atoms with Gasteiger partial charge in [-0.05, 0) is 31.6 Å². The Morgan fingerprint density at radius 2 is 1.93 bits per heavy atom. The van der Waals surface area contributed by atoms with E-state index in [-0.39, 0.29) is 0 Å². The minimum atomic E-state index is 0.414. The van der Waals surface area contributed by atoms with Crippen molar-refractivity contribution in [2.75, 3.05) is 6.61 Å². The van der Waals surface area contributed by atoms with Gasteiger partial charge in [0.2, 0.25) is 0 Å². The van der Waals surface area contributed by atoms with E-state index >= 15 is 0 Å². The molecule has 1 aliphatic rings. The summed E-state index contributed by atoms with van der Waals surface area (Å²) in [5.41, 5.74) is 0.414. The average Bonchev–Trinajstić information content (AvgIpc) is 2.18. The smallest absolute Gasteiger partial charge is 0.0652 e. The lowest BCUT2D eigenvalue weighted by atomic mass is 9.62. The summed E-state index contributed by atoms with van der Waals surface area (Å²) in [7, 11) is 0. The van der Waals surface area contributed by atoms with E-state index in [9.17, 15) is 0 Å². The summed E-state index contributed by atoms with van der Waals surface area (Å²) in [6.45, 7) is 10.0. The van der Waals surface area contributed by atoms with Gasteiger partial charge in [-0.3, -0.25) is 0 Å². The Balaban J connectivity index is 2.36. The van der Waals surface area contributed by atoms with Crippen molar-refractivity contribution in [2.45, 2.75) is 64.3 Å². The summed E-state index contributed by atoms with van der Waals surface area (Å²) in [5, 5.41) is 0. The SMILES string of the molecule is CCC1(CC)C(Br)CC1OCCC(C)C. The summed E-state index contributed by atoms with van der Waals surface area (Å²) < 4.78 is 6.03. The topological polar surface area (TPSA) is 9.23 Å². The zero-order valence-corrected chi connectivity index (χ0v) is 12.1. The number of rotatable bonds is 6. The van der Waals surface area contributed by atoms with Crippen LogP contribution in [0.15, 0.2) is 0 Å². The van der Waals surface area contributed by atoms with Gasteiger partial charge in [-0.25, -0.2) is 0 Å². The van der Waals surface area contributed by atoms with Crippen molar-refractivity contribution in [3.05, 3.63) is 0 Å². The molecule has 0 radical (unpaired) electrons. The molecule has 0 heterocycles. The predicted octanol–water partition coefficient (Wildman–Crippen LogP) is 4.39. The first-order valence-electron chi connectivity index (χ1n) is 6.32. The van der Waals surface area contributed by atoms with Gasteiger partial charge in [0.15, 0.2) is 0 Å². The third kappa shape index (κ3) is 2.76. The second-order valence-electron chi connectivity index (χ2n) is 5.19. The molecule has 2 atom stereocenters. The Labute approximate surface area is 103 Å².